The number of imidazole rings is 1. The summed E-state index contributed by atoms with van der Waals surface area (Å²) < 4.78 is 2.19. The Morgan fingerprint density at radius 1 is 1.09 bits per heavy atom. The zero-order chi connectivity index (χ0) is 16.2. The summed E-state index contributed by atoms with van der Waals surface area (Å²) in [5.41, 5.74) is 5.84. The number of benzene rings is 2. The van der Waals surface area contributed by atoms with Gasteiger partial charge in [0.1, 0.15) is 5.82 Å². The third kappa shape index (κ3) is 3.35. The number of aliphatic hydroxyl groups excluding tert-OH is 1. The SMILES string of the molecule is Cc1cc2nc(CCO)n(C/C=C/c3ccccc3)c2cc1C. The van der Waals surface area contributed by atoms with E-state index in [-0.39, 0.29) is 6.61 Å². The molecule has 0 fully saturated rings. The van der Waals surface area contributed by atoms with Gasteiger partial charge in [0.25, 0.3) is 0 Å². The van der Waals surface area contributed by atoms with Gasteiger partial charge in [0.2, 0.25) is 0 Å². The first-order valence-corrected chi connectivity index (χ1v) is 7.98. The smallest absolute Gasteiger partial charge is 0.112 e. The molecule has 3 nitrogen and oxygen atoms in total. The molecule has 2 aromatic carbocycles. The summed E-state index contributed by atoms with van der Waals surface area (Å²) in [6.45, 7) is 5.10. The molecule has 0 radical (unpaired) electrons. The molecule has 0 amide bonds. The van der Waals surface area contributed by atoms with Gasteiger partial charge in [-0.1, -0.05) is 42.5 Å². The van der Waals surface area contributed by atoms with Crippen molar-refractivity contribution in [1.29, 1.82) is 0 Å². The molecule has 0 aliphatic carbocycles. The van der Waals surface area contributed by atoms with Crippen molar-refractivity contribution in [2.45, 2.75) is 26.8 Å². The molecule has 3 rings (SSSR count). The second kappa shape index (κ2) is 6.80. The van der Waals surface area contributed by atoms with E-state index in [1.54, 1.807) is 0 Å². The Labute approximate surface area is 136 Å². The zero-order valence-corrected chi connectivity index (χ0v) is 13.7. The molecule has 0 atom stereocenters. The Kier molecular flexibility index (Phi) is 4.58. The van der Waals surface area contributed by atoms with Crippen LogP contribution in [0.2, 0.25) is 0 Å². The van der Waals surface area contributed by atoms with Crippen LogP contribution >= 0.6 is 0 Å². The Morgan fingerprint density at radius 3 is 2.57 bits per heavy atom. The summed E-state index contributed by atoms with van der Waals surface area (Å²) in [5.74, 6) is 0.935. The number of aromatic nitrogens is 2. The van der Waals surface area contributed by atoms with Gasteiger partial charge in [-0.05, 0) is 42.7 Å². The molecular formula is C20H22N2O. The van der Waals surface area contributed by atoms with Crippen LogP contribution in [0.3, 0.4) is 0 Å². The summed E-state index contributed by atoms with van der Waals surface area (Å²) in [5, 5.41) is 9.31. The molecule has 3 heteroatoms. The third-order valence-electron chi connectivity index (χ3n) is 4.18. The first-order chi connectivity index (χ1) is 11.2. The Balaban J connectivity index is 1.96. The molecule has 0 aliphatic heterocycles. The molecule has 1 heterocycles. The average molecular weight is 306 g/mol. The molecule has 0 spiro atoms. The fourth-order valence-corrected chi connectivity index (χ4v) is 2.78. The van der Waals surface area contributed by atoms with E-state index in [0.29, 0.717) is 6.42 Å². The van der Waals surface area contributed by atoms with Gasteiger partial charge in [0.15, 0.2) is 0 Å². The van der Waals surface area contributed by atoms with E-state index in [9.17, 15) is 5.11 Å². The number of hydrogen-bond donors (Lipinski definition) is 1. The molecule has 0 saturated heterocycles. The number of fused-ring (bicyclic) bond motifs is 1. The number of aliphatic hydroxyl groups is 1. The topological polar surface area (TPSA) is 38.1 Å². The maximum Gasteiger partial charge on any atom is 0.112 e. The molecular weight excluding hydrogens is 284 g/mol. The lowest BCUT2D eigenvalue weighted by Crippen LogP contribution is -2.04. The first-order valence-electron chi connectivity index (χ1n) is 7.98. The Bertz CT molecular complexity index is 832. The number of allylic oxidation sites excluding steroid dienone is 1. The molecule has 23 heavy (non-hydrogen) atoms. The van der Waals surface area contributed by atoms with Gasteiger partial charge in [0, 0.05) is 13.0 Å². The van der Waals surface area contributed by atoms with Gasteiger partial charge < -0.3 is 9.67 Å². The highest BCUT2D eigenvalue weighted by Gasteiger charge is 2.10. The van der Waals surface area contributed by atoms with Gasteiger partial charge >= 0.3 is 0 Å². The lowest BCUT2D eigenvalue weighted by Gasteiger charge is -2.07. The molecule has 3 aromatic rings. The van der Waals surface area contributed by atoms with Crippen LogP contribution in [0.15, 0.2) is 48.5 Å². The maximum absolute atomic E-state index is 9.31. The fraction of sp³-hybridized carbons (Fsp3) is 0.250. The van der Waals surface area contributed by atoms with Crippen LogP contribution in [0.1, 0.15) is 22.5 Å². The number of hydrogen-bond acceptors (Lipinski definition) is 2. The standard InChI is InChI=1S/C20H22N2O/c1-15-13-18-19(14-16(15)2)22(20(21-18)10-12-23)11-6-9-17-7-4-3-5-8-17/h3-9,13-14,23H,10-12H2,1-2H3/b9-6+. The minimum absolute atomic E-state index is 0.115. The molecule has 1 N–H and O–H groups in total. The van der Waals surface area contributed by atoms with Crippen molar-refractivity contribution in [2.24, 2.45) is 0 Å². The minimum atomic E-state index is 0.115. The Morgan fingerprint density at radius 2 is 1.83 bits per heavy atom. The van der Waals surface area contributed by atoms with Crippen molar-refractivity contribution >= 4 is 17.1 Å². The number of aryl methyl sites for hydroxylation is 2. The molecule has 1 aromatic heterocycles. The predicted octanol–water partition coefficient (Wildman–Crippen LogP) is 3.90. The van der Waals surface area contributed by atoms with E-state index in [1.807, 2.05) is 18.2 Å². The molecule has 118 valence electrons. The van der Waals surface area contributed by atoms with Crippen LogP contribution < -0.4 is 0 Å². The molecule has 0 aliphatic rings. The summed E-state index contributed by atoms with van der Waals surface area (Å²) in [6, 6.07) is 14.6. The van der Waals surface area contributed by atoms with Crippen molar-refractivity contribution in [2.75, 3.05) is 6.61 Å². The van der Waals surface area contributed by atoms with Crippen molar-refractivity contribution in [3.63, 3.8) is 0 Å². The highest BCUT2D eigenvalue weighted by Crippen LogP contribution is 2.21. The van der Waals surface area contributed by atoms with E-state index >= 15 is 0 Å². The zero-order valence-electron chi connectivity index (χ0n) is 13.7. The summed E-state index contributed by atoms with van der Waals surface area (Å²) >= 11 is 0. The molecule has 0 unspecified atom stereocenters. The van der Waals surface area contributed by atoms with Crippen LogP contribution in [0.4, 0.5) is 0 Å². The summed E-state index contributed by atoms with van der Waals surface area (Å²) in [4.78, 5) is 4.70. The van der Waals surface area contributed by atoms with E-state index in [4.69, 9.17) is 4.98 Å². The van der Waals surface area contributed by atoms with Crippen LogP contribution in [0.25, 0.3) is 17.1 Å². The highest BCUT2D eigenvalue weighted by atomic mass is 16.3. The van der Waals surface area contributed by atoms with Gasteiger partial charge in [-0.15, -0.1) is 0 Å². The molecule has 0 saturated carbocycles. The largest absolute Gasteiger partial charge is 0.396 e. The normalized spacial score (nSPS) is 11.6. The van der Waals surface area contributed by atoms with E-state index < -0.39 is 0 Å². The van der Waals surface area contributed by atoms with Crippen LogP contribution in [-0.2, 0) is 13.0 Å². The second-order valence-corrected chi connectivity index (χ2v) is 5.85. The Hall–Kier alpha value is -2.39. The third-order valence-corrected chi connectivity index (χ3v) is 4.18. The van der Waals surface area contributed by atoms with Crippen molar-refractivity contribution in [1.82, 2.24) is 9.55 Å². The average Bonchev–Trinajstić information content (AvgIpc) is 2.86. The van der Waals surface area contributed by atoms with Crippen molar-refractivity contribution in [3.8, 4) is 0 Å². The van der Waals surface area contributed by atoms with E-state index in [2.05, 4.69) is 54.8 Å². The van der Waals surface area contributed by atoms with Crippen LogP contribution in [0, 0.1) is 13.8 Å². The van der Waals surface area contributed by atoms with E-state index in [0.717, 1.165) is 23.4 Å². The van der Waals surface area contributed by atoms with Crippen molar-refractivity contribution in [3.05, 3.63) is 71.1 Å². The van der Waals surface area contributed by atoms with Crippen LogP contribution in [-0.4, -0.2) is 21.3 Å². The minimum Gasteiger partial charge on any atom is -0.396 e. The first kappa shape index (κ1) is 15.5. The van der Waals surface area contributed by atoms with Crippen molar-refractivity contribution < 1.29 is 5.11 Å². The van der Waals surface area contributed by atoms with Gasteiger partial charge in [0.05, 0.1) is 17.6 Å². The fourth-order valence-electron chi connectivity index (χ4n) is 2.78. The summed E-state index contributed by atoms with van der Waals surface area (Å²) in [6.07, 6.45) is 4.84. The lowest BCUT2D eigenvalue weighted by molar-refractivity contribution is 0.295. The number of nitrogens with zero attached hydrogens (tertiary/aromatic N) is 2. The predicted molar refractivity (Wildman–Crippen MR) is 95.5 cm³/mol. The summed E-state index contributed by atoms with van der Waals surface area (Å²) in [7, 11) is 0. The van der Waals surface area contributed by atoms with Gasteiger partial charge in [-0.3, -0.25) is 0 Å². The van der Waals surface area contributed by atoms with E-state index in [1.165, 1.54) is 16.7 Å². The van der Waals surface area contributed by atoms with Crippen LogP contribution in [0.5, 0.6) is 0 Å². The quantitative estimate of drug-likeness (QED) is 0.776. The highest BCUT2D eigenvalue weighted by molar-refractivity contribution is 5.78. The second-order valence-electron chi connectivity index (χ2n) is 5.85. The monoisotopic (exact) mass is 306 g/mol. The van der Waals surface area contributed by atoms with Gasteiger partial charge in [-0.2, -0.15) is 0 Å². The maximum atomic E-state index is 9.31. The molecule has 0 bridgehead atoms. The lowest BCUT2D eigenvalue weighted by atomic mass is 10.1. The number of rotatable bonds is 5. The van der Waals surface area contributed by atoms with Gasteiger partial charge in [-0.25, -0.2) is 4.98 Å².